The summed E-state index contributed by atoms with van der Waals surface area (Å²) in [5.74, 6) is 1.18. The number of likely N-dealkylation sites (tertiary alicyclic amines) is 1. The first-order chi connectivity index (χ1) is 12.0. The van der Waals surface area contributed by atoms with Gasteiger partial charge < -0.3 is 19.8 Å². The lowest BCUT2D eigenvalue weighted by Gasteiger charge is -2.34. The Hall–Kier alpha value is -0.670. The number of nitrogens with zero attached hydrogens (tertiary/aromatic N) is 4. The molecule has 0 spiro atoms. The third kappa shape index (κ3) is 5.17. The highest BCUT2D eigenvalue weighted by molar-refractivity contribution is 8.01. The normalized spacial score (nSPS) is 25.6. The molecule has 0 aromatic carbocycles. The van der Waals surface area contributed by atoms with Crippen molar-refractivity contribution in [2.45, 2.75) is 11.3 Å². The maximum absolute atomic E-state index is 12.5. The van der Waals surface area contributed by atoms with Crippen LogP contribution in [0.15, 0.2) is 9.72 Å². The molecule has 2 saturated heterocycles. The molecule has 1 N–H and O–H groups in total. The number of aliphatic hydroxyl groups excluding tert-OH is 1. The molecule has 0 unspecified atom stereocenters. The number of hydrogen-bond donors (Lipinski definition) is 1. The van der Waals surface area contributed by atoms with Crippen molar-refractivity contribution in [1.29, 1.82) is 0 Å². The predicted octanol–water partition coefficient (Wildman–Crippen LogP) is 0.858. The number of rotatable bonds is 6. The van der Waals surface area contributed by atoms with Gasteiger partial charge in [0.1, 0.15) is 0 Å². The lowest BCUT2D eigenvalue weighted by Crippen LogP contribution is -2.47. The Morgan fingerprint density at radius 1 is 1.32 bits per heavy atom. The number of thioether (sulfide) groups is 1. The number of hydrogen-bond acceptors (Lipinski definition) is 7. The monoisotopic (exact) mass is 384 g/mol. The third-order valence-corrected chi connectivity index (χ3v) is 7.29. The Balaban J connectivity index is 1.49. The quantitative estimate of drug-likeness (QED) is 0.734. The predicted molar refractivity (Wildman–Crippen MR) is 102 cm³/mol. The van der Waals surface area contributed by atoms with Gasteiger partial charge in [-0.1, -0.05) is 11.8 Å². The van der Waals surface area contributed by atoms with E-state index in [1.165, 1.54) is 11.8 Å². The second-order valence-electron chi connectivity index (χ2n) is 7.15. The second kappa shape index (κ2) is 8.81. The number of aliphatic hydroxyl groups is 1. The fraction of sp³-hybridized carbons (Fsp3) is 0.765. The van der Waals surface area contributed by atoms with E-state index in [0.29, 0.717) is 18.2 Å². The zero-order valence-corrected chi connectivity index (χ0v) is 16.7. The van der Waals surface area contributed by atoms with Crippen LogP contribution in [0.4, 0.5) is 0 Å². The molecule has 3 heterocycles. The summed E-state index contributed by atoms with van der Waals surface area (Å²) in [5.41, 5.74) is 1.01. The van der Waals surface area contributed by atoms with Crippen LogP contribution in [0.25, 0.3) is 0 Å². The number of piperazine rings is 1. The van der Waals surface area contributed by atoms with Crippen LogP contribution in [-0.4, -0.2) is 95.9 Å². The summed E-state index contributed by atoms with van der Waals surface area (Å²) in [7, 11) is 2.16. The summed E-state index contributed by atoms with van der Waals surface area (Å²) in [6, 6.07) is 0. The van der Waals surface area contributed by atoms with Crippen LogP contribution in [0, 0.1) is 18.8 Å². The molecule has 0 bridgehead atoms. The molecule has 6 nitrogen and oxygen atoms in total. The SMILES string of the molecule is Cc1csc(SCC(=O)N2C[C@@H](CN3CCN(C)CC3)[C@@H](CO)C2)n1. The fourth-order valence-electron chi connectivity index (χ4n) is 3.53. The summed E-state index contributed by atoms with van der Waals surface area (Å²) in [6.45, 7) is 8.95. The number of carbonyl (C=O) groups excluding carboxylic acids is 1. The number of carbonyl (C=O) groups is 1. The van der Waals surface area contributed by atoms with Crippen LogP contribution in [0.5, 0.6) is 0 Å². The van der Waals surface area contributed by atoms with Gasteiger partial charge in [-0.2, -0.15) is 0 Å². The van der Waals surface area contributed by atoms with E-state index in [-0.39, 0.29) is 18.4 Å². The molecule has 2 atom stereocenters. The Bertz CT molecular complexity index is 575. The van der Waals surface area contributed by atoms with Gasteiger partial charge in [-0.25, -0.2) is 4.98 Å². The minimum absolute atomic E-state index is 0.164. The van der Waals surface area contributed by atoms with Gasteiger partial charge in [-0.05, 0) is 19.9 Å². The first-order valence-electron chi connectivity index (χ1n) is 8.89. The number of aromatic nitrogens is 1. The first-order valence-corrected chi connectivity index (χ1v) is 10.8. The molecule has 3 rings (SSSR count). The van der Waals surface area contributed by atoms with Crippen LogP contribution in [0.1, 0.15) is 5.69 Å². The van der Waals surface area contributed by atoms with Crippen LogP contribution < -0.4 is 0 Å². The van der Waals surface area contributed by atoms with Gasteiger partial charge in [0.2, 0.25) is 5.91 Å². The number of amides is 1. The standard InChI is InChI=1S/C17H28N4O2S2/c1-13-11-24-17(18-13)25-12-16(23)21-8-14(15(9-21)10-22)7-20-5-3-19(2)4-6-20/h11,14-15,22H,3-10,12H2,1-2H3/t14-,15-/m1/s1. The highest BCUT2D eigenvalue weighted by atomic mass is 32.2. The molecule has 8 heteroatoms. The smallest absolute Gasteiger partial charge is 0.233 e. The molecule has 140 valence electrons. The summed E-state index contributed by atoms with van der Waals surface area (Å²) >= 11 is 3.11. The average Bonchev–Trinajstić information content (AvgIpc) is 3.21. The molecule has 0 saturated carbocycles. The lowest BCUT2D eigenvalue weighted by molar-refractivity contribution is -0.127. The van der Waals surface area contributed by atoms with E-state index < -0.39 is 0 Å². The largest absolute Gasteiger partial charge is 0.396 e. The molecule has 2 aliphatic rings. The Kier molecular flexibility index (Phi) is 6.73. The highest BCUT2D eigenvalue weighted by Crippen LogP contribution is 2.27. The van der Waals surface area contributed by atoms with E-state index in [2.05, 4.69) is 21.8 Å². The summed E-state index contributed by atoms with van der Waals surface area (Å²) in [5, 5.41) is 11.8. The molecular formula is C17H28N4O2S2. The van der Waals surface area contributed by atoms with E-state index in [1.54, 1.807) is 11.3 Å². The van der Waals surface area contributed by atoms with E-state index in [1.807, 2.05) is 17.2 Å². The number of thiazole rings is 1. The van der Waals surface area contributed by atoms with Crippen LogP contribution in [-0.2, 0) is 4.79 Å². The van der Waals surface area contributed by atoms with Gasteiger partial charge in [0, 0.05) is 69.4 Å². The Labute approximate surface area is 158 Å². The van der Waals surface area contributed by atoms with Crippen LogP contribution in [0.3, 0.4) is 0 Å². The van der Waals surface area contributed by atoms with E-state index >= 15 is 0 Å². The van der Waals surface area contributed by atoms with Gasteiger partial charge in [0.05, 0.1) is 5.75 Å². The Morgan fingerprint density at radius 3 is 2.68 bits per heavy atom. The van der Waals surface area contributed by atoms with Gasteiger partial charge in [0.25, 0.3) is 0 Å². The van der Waals surface area contributed by atoms with Crippen molar-refractivity contribution >= 4 is 29.0 Å². The molecule has 1 aromatic rings. The third-order valence-electron chi connectivity index (χ3n) is 5.17. The van der Waals surface area contributed by atoms with E-state index in [0.717, 1.165) is 49.3 Å². The summed E-state index contributed by atoms with van der Waals surface area (Å²) in [4.78, 5) is 23.7. The minimum Gasteiger partial charge on any atom is -0.396 e. The van der Waals surface area contributed by atoms with Gasteiger partial charge >= 0.3 is 0 Å². The van der Waals surface area contributed by atoms with Crippen molar-refractivity contribution in [2.75, 3.05) is 65.2 Å². The molecule has 1 aromatic heterocycles. The highest BCUT2D eigenvalue weighted by Gasteiger charge is 2.36. The van der Waals surface area contributed by atoms with Crippen molar-refractivity contribution in [1.82, 2.24) is 19.7 Å². The first kappa shape index (κ1) is 19.1. The zero-order valence-electron chi connectivity index (χ0n) is 15.1. The van der Waals surface area contributed by atoms with Gasteiger partial charge in [0.15, 0.2) is 4.34 Å². The molecule has 25 heavy (non-hydrogen) atoms. The van der Waals surface area contributed by atoms with E-state index in [4.69, 9.17) is 0 Å². The van der Waals surface area contributed by atoms with Crippen LogP contribution in [0.2, 0.25) is 0 Å². The molecule has 1 amide bonds. The van der Waals surface area contributed by atoms with Crippen molar-refractivity contribution in [3.8, 4) is 0 Å². The zero-order chi connectivity index (χ0) is 17.8. The maximum atomic E-state index is 12.5. The fourth-order valence-corrected chi connectivity index (χ4v) is 5.28. The Morgan fingerprint density at radius 2 is 2.04 bits per heavy atom. The van der Waals surface area contributed by atoms with Crippen LogP contribution >= 0.6 is 23.1 Å². The molecular weight excluding hydrogens is 356 g/mol. The van der Waals surface area contributed by atoms with Crippen molar-refractivity contribution < 1.29 is 9.90 Å². The summed E-state index contributed by atoms with van der Waals surface area (Å²) < 4.78 is 0.956. The van der Waals surface area contributed by atoms with Gasteiger partial charge in [-0.15, -0.1) is 11.3 Å². The molecule has 2 aliphatic heterocycles. The molecule has 2 fully saturated rings. The number of likely N-dealkylation sites (N-methyl/N-ethyl adjacent to an activating group) is 1. The minimum atomic E-state index is 0.164. The molecule has 0 radical (unpaired) electrons. The van der Waals surface area contributed by atoms with Crippen molar-refractivity contribution in [2.24, 2.45) is 11.8 Å². The summed E-state index contributed by atoms with van der Waals surface area (Å²) in [6.07, 6.45) is 0. The number of aryl methyl sites for hydroxylation is 1. The van der Waals surface area contributed by atoms with Gasteiger partial charge in [-0.3, -0.25) is 4.79 Å². The maximum Gasteiger partial charge on any atom is 0.233 e. The average molecular weight is 385 g/mol. The second-order valence-corrected chi connectivity index (χ2v) is 9.23. The van der Waals surface area contributed by atoms with Crippen molar-refractivity contribution in [3.63, 3.8) is 0 Å². The van der Waals surface area contributed by atoms with E-state index in [9.17, 15) is 9.90 Å². The topological polar surface area (TPSA) is 59.9 Å². The lowest BCUT2D eigenvalue weighted by atomic mass is 9.96. The molecule has 0 aliphatic carbocycles. The van der Waals surface area contributed by atoms with Crippen molar-refractivity contribution in [3.05, 3.63) is 11.1 Å².